The molecule has 1 aliphatic heterocycles. The first-order valence-corrected chi connectivity index (χ1v) is 2.84. The molecule has 2 heteroatoms. The molecule has 7 heavy (non-hydrogen) atoms. The minimum Gasteiger partial charge on any atom is -0.261 e. The average Bonchev–Trinajstić information content (AvgIpc) is 1.87. The van der Waals surface area contributed by atoms with E-state index < -0.39 is 0 Å². The van der Waals surface area contributed by atoms with Crippen molar-refractivity contribution in [3.63, 3.8) is 0 Å². The molecular weight excluding hydrogens is 105 g/mol. The van der Waals surface area contributed by atoms with Crippen LogP contribution >= 0.6 is 9.24 Å². The van der Waals surface area contributed by atoms with Crippen LogP contribution in [0.2, 0.25) is 0 Å². The first kappa shape index (κ1) is 4.99. The largest absolute Gasteiger partial charge is 0.261 e. The van der Waals surface area contributed by atoms with Gasteiger partial charge in [0.15, 0.2) is 0 Å². The van der Waals surface area contributed by atoms with Gasteiger partial charge in [0, 0.05) is 18.1 Å². The van der Waals surface area contributed by atoms with Crippen LogP contribution in [0.25, 0.3) is 0 Å². The third kappa shape index (κ3) is 1.10. The Balaban J connectivity index is 2.61. The van der Waals surface area contributed by atoms with Crippen molar-refractivity contribution in [2.24, 2.45) is 4.99 Å². The number of aliphatic imine (C=N–C) groups is 1. The maximum atomic E-state index is 4.03. The summed E-state index contributed by atoms with van der Waals surface area (Å²) in [6.45, 7) is 2.08. The monoisotopic (exact) mass is 113 g/mol. The maximum absolute atomic E-state index is 4.03. The number of hydrogen-bond donors (Lipinski definition) is 0. The minimum absolute atomic E-state index is 1.05. The number of rotatable bonds is 0. The highest BCUT2D eigenvalue weighted by atomic mass is 31.0. The van der Waals surface area contributed by atoms with E-state index in [1.807, 2.05) is 6.20 Å². The van der Waals surface area contributed by atoms with Crippen molar-refractivity contribution >= 4 is 14.7 Å². The number of nitrogens with zero attached hydrogens (tertiary/aromatic N) is 1. The Morgan fingerprint density at radius 2 is 2.57 bits per heavy atom. The molecule has 0 aromatic heterocycles. The Kier molecular flexibility index (Phi) is 1.25. The summed E-state index contributed by atoms with van der Waals surface area (Å²) < 4.78 is 0. The SMILES string of the molecule is CC1=CN=C(P)C1. The summed E-state index contributed by atoms with van der Waals surface area (Å²) >= 11 is 0. The zero-order valence-corrected chi connectivity index (χ0v) is 5.46. The smallest absolute Gasteiger partial charge is 0.0387 e. The van der Waals surface area contributed by atoms with Gasteiger partial charge in [0.2, 0.25) is 0 Å². The molecule has 1 nitrogen and oxygen atoms in total. The Morgan fingerprint density at radius 3 is 2.71 bits per heavy atom. The topological polar surface area (TPSA) is 12.4 Å². The van der Waals surface area contributed by atoms with E-state index in [1.54, 1.807) is 0 Å². The van der Waals surface area contributed by atoms with Crippen LogP contribution < -0.4 is 0 Å². The van der Waals surface area contributed by atoms with E-state index in [0.29, 0.717) is 0 Å². The lowest BCUT2D eigenvalue weighted by atomic mass is 10.3. The van der Waals surface area contributed by atoms with Crippen molar-refractivity contribution in [2.45, 2.75) is 13.3 Å². The normalized spacial score (nSPS) is 19.1. The van der Waals surface area contributed by atoms with Crippen molar-refractivity contribution in [1.82, 2.24) is 0 Å². The van der Waals surface area contributed by atoms with Gasteiger partial charge in [-0.2, -0.15) is 0 Å². The van der Waals surface area contributed by atoms with E-state index in [0.717, 1.165) is 11.9 Å². The molecule has 0 N–H and O–H groups in total. The molecule has 0 saturated carbocycles. The molecule has 1 aliphatic rings. The quantitative estimate of drug-likeness (QED) is 0.423. The molecule has 1 unspecified atom stereocenters. The highest BCUT2D eigenvalue weighted by molar-refractivity contribution is 7.40. The van der Waals surface area contributed by atoms with Crippen LogP contribution in [0.5, 0.6) is 0 Å². The molecule has 0 radical (unpaired) electrons. The van der Waals surface area contributed by atoms with Gasteiger partial charge in [-0.15, -0.1) is 0 Å². The van der Waals surface area contributed by atoms with Gasteiger partial charge in [-0.3, -0.25) is 4.99 Å². The fourth-order valence-corrected chi connectivity index (χ4v) is 0.967. The Bertz CT molecular complexity index is 119. The molecule has 0 saturated heterocycles. The van der Waals surface area contributed by atoms with Gasteiger partial charge < -0.3 is 0 Å². The lowest BCUT2D eigenvalue weighted by Crippen LogP contribution is -1.76. The minimum atomic E-state index is 1.05. The summed E-state index contributed by atoms with van der Waals surface area (Å²) in [5.74, 6) is 0. The predicted molar refractivity (Wildman–Crippen MR) is 35.5 cm³/mol. The van der Waals surface area contributed by atoms with Crippen LogP contribution in [-0.4, -0.2) is 5.45 Å². The van der Waals surface area contributed by atoms with Crippen LogP contribution in [0, 0.1) is 0 Å². The van der Waals surface area contributed by atoms with Crippen molar-refractivity contribution in [3.05, 3.63) is 11.8 Å². The second-order valence-corrected chi connectivity index (χ2v) is 2.44. The van der Waals surface area contributed by atoms with Gasteiger partial charge >= 0.3 is 0 Å². The molecule has 0 amide bonds. The van der Waals surface area contributed by atoms with E-state index >= 15 is 0 Å². The number of allylic oxidation sites excluding steroid dienone is 1. The Labute approximate surface area is 45.7 Å². The average molecular weight is 113 g/mol. The second kappa shape index (κ2) is 1.75. The van der Waals surface area contributed by atoms with E-state index in [2.05, 4.69) is 21.2 Å². The molecule has 1 heterocycles. The summed E-state index contributed by atoms with van der Waals surface area (Å²) in [7, 11) is 2.59. The van der Waals surface area contributed by atoms with Crippen LogP contribution in [-0.2, 0) is 0 Å². The zero-order chi connectivity index (χ0) is 5.28. The summed E-state index contributed by atoms with van der Waals surface area (Å²) in [6, 6.07) is 0. The van der Waals surface area contributed by atoms with E-state index in [9.17, 15) is 0 Å². The van der Waals surface area contributed by atoms with Crippen molar-refractivity contribution in [2.75, 3.05) is 0 Å². The fraction of sp³-hybridized carbons (Fsp3) is 0.400. The first-order chi connectivity index (χ1) is 3.29. The molecule has 38 valence electrons. The Hall–Kier alpha value is -0.160. The second-order valence-electron chi connectivity index (χ2n) is 1.77. The van der Waals surface area contributed by atoms with Gasteiger partial charge in [0.25, 0.3) is 0 Å². The van der Waals surface area contributed by atoms with E-state index in [4.69, 9.17) is 0 Å². The van der Waals surface area contributed by atoms with E-state index in [-0.39, 0.29) is 0 Å². The maximum Gasteiger partial charge on any atom is 0.0387 e. The van der Waals surface area contributed by atoms with E-state index in [1.165, 1.54) is 5.57 Å². The molecule has 1 atom stereocenters. The van der Waals surface area contributed by atoms with Crippen LogP contribution in [0.15, 0.2) is 16.8 Å². The van der Waals surface area contributed by atoms with Gasteiger partial charge in [-0.1, -0.05) is 9.24 Å². The number of hydrogen-bond acceptors (Lipinski definition) is 1. The molecule has 1 rings (SSSR count). The first-order valence-electron chi connectivity index (χ1n) is 2.27. The van der Waals surface area contributed by atoms with Crippen molar-refractivity contribution < 1.29 is 0 Å². The van der Waals surface area contributed by atoms with Gasteiger partial charge in [-0.05, 0) is 12.5 Å². The molecule has 0 aliphatic carbocycles. The predicted octanol–water partition coefficient (Wildman–Crippen LogP) is 1.57. The molecule has 0 fully saturated rings. The molecule has 0 bridgehead atoms. The molecule has 0 spiro atoms. The van der Waals surface area contributed by atoms with Gasteiger partial charge in [-0.25, -0.2) is 0 Å². The summed E-state index contributed by atoms with van der Waals surface area (Å²) in [4.78, 5) is 4.03. The summed E-state index contributed by atoms with van der Waals surface area (Å²) in [6.07, 6.45) is 2.95. The summed E-state index contributed by atoms with van der Waals surface area (Å²) in [5.41, 5.74) is 2.50. The van der Waals surface area contributed by atoms with Gasteiger partial charge in [0.1, 0.15) is 0 Å². The standard InChI is InChI=1S/C5H8NP/c1-4-2-5(7)6-3-4/h3H,2,7H2,1H3. The lowest BCUT2D eigenvalue weighted by molar-refractivity contribution is 1.32. The van der Waals surface area contributed by atoms with Crippen molar-refractivity contribution in [1.29, 1.82) is 0 Å². The summed E-state index contributed by atoms with van der Waals surface area (Å²) in [5, 5.41) is 0. The molecular formula is C5H8NP. The fourth-order valence-electron chi connectivity index (χ4n) is 0.570. The Morgan fingerprint density at radius 1 is 1.86 bits per heavy atom. The van der Waals surface area contributed by atoms with Crippen LogP contribution in [0.4, 0.5) is 0 Å². The molecule has 0 aromatic rings. The third-order valence-electron chi connectivity index (χ3n) is 0.911. The lowest BCUT2D eigenvalue weighted by Gasteiger charge is -1.84. The highest BCUT2D eigenvalue weighted by Gasteiger charge is 1.97. The van der Waals surface area contributed by atoms with Crippen molar-refractivity contribution in [3.8, 4) is 0 Å². The highest BCUT2D eigenvalue weighted by Crippen LogP contribution is 2.13. The van der Waals surface area contributed by atoms with Crippen LogP contribution in [0.3, 0.4) is 0 Å². The van der Waals surface area contributed by atoms with Crippen LogP contribution in [0.1, 0.15) is 13.3 Å². The zero-order valence-electron chi connectivity index (χ0n) is 4.31. The van der Waals surface area contributed by atoms with Gasteiger partial charge in [0.05, 0.1) is 0 Å². The molecule has 0 aromatic carbocycles. The third-order valence-corrected chi connectivity index (χ3v) is 1.26.